The third kappa shape index (κ3) is 5.26. The summed E-state index contributed by atoms with van der Waals surface area (Å²) in [6.07, 6.45) is 2.65. The topological polar surface area (TPSA) is 74.2 Å². The summed E-state index contributed by atoms with van der Waals surface area (Å²) >= 11 is 0. The molecule has 0 heterocycles. The Balaban J connectivity index is 1.90. The van der Waals surface area contributed by atoms with Gasteiger partial charge in [0.05, 0.1) is 11.6 Å². The van der Waals surface area contributed by atoms with Crippen LogP contribution in [-0.4, -0.2) is 23.8 Å². The van der Waals surface area contributed by atoms with Crippen molar-refractivity contribution in [2.24, 2.45) is 0 Å². The summed E-state index contributed by atoms with van der Waals surface area (Å²) in [4.78, 5) is 11.9. The van der Waals surface area contributed by atoms with Crippen LogP contribution < -0.4 is 10.6 Å². The van der Waals surface area contributed by atoms with E-state index in [1.807, 2.05) is 45.0 Å². The highest BCUT2D eigenvalue weighted by Gasteiger charge is 2.29. The van der Waals surface area contributed by atoms with Crippen molar-refractivity contribution >= 4 is 6.09 Å². The highest BCUT2D eigenvalue weighted by atomic mass is 16.6. The summed E-state index contributed by atoms with van der Waals surface area (Å²) in [7, 11) is 0. The Bertz CT molecular complexity index is 587. The fourth-order valence-corrected chi connectivity index (χ4v) is 2.86. The first kappa shape index (κ1) is 17.3. The van der Waals surface area contributed by atoms with Crippen LogP contribution in [0, 0.1) is 11.3 Å². The number of amides is 1. The lowest BCUT2D eigenvalue weighted by molar-refractivity contribution is 0.0498. The molecule has 1 fully saturated rings. The van der Waals surface area contributed by atoms with Crippen molar-refractivity contribution in [1.82, 2.24) is 10.6 Å². The highest BCUT2D eigenvalue weighted by Crippen LogP contribution is 2.21. The van der Waals surface area contributed by atoms with E-state index in [4.69, 9.17) is 10.00 Å². The van der Waals surface area contributed by atoms with Gasteiger partial charge in [0.2, 0.25) is 0 Å². The van der Waals surface area contributed by atoms with Gasteiger partial charge < -0.3 is 15.4 Å². The minimum Gasteiger partial charge on any atom is -0.444 e. The van der Waals surface area contributed by atoms with E-state index >= 15 is 0 Å². The molecule has 5 nitrogen and oxygen atoms in total. The quantitative estimate of drug-likeness (QED) is 0.895. The number of nitrogens with zero attached hydrogens (tertiary/aromatic N) is 1. The number of ether oxygens (including phenoxy) is 1. The Morgan fingerprint density at radius 2 is 2.00 bits per heavy atom. The van der Waals surface area contributed by atoms with Crippen LogP contribution in [0.5, 0.6) is 0 Å². The maximum Gasteiger partial charge on any atom is 0.407 e. The summed E-state index contributed by atoms with van der Waals surface area (Å²) in [6, 6.07) is 10.1. The first-order chi connectivity index (χ1) is 10.9. The molecule has 0 spiro atoms. The largest absolute Gasteiger partial charge is 0.444 e. The molecular formula is C18H25N3O2. The molecule has 0 aromatic heterocycles. The fraction of sp³-hybridized carbons (Fsp3) is 0.556. The molecule has 124 valence electrons. The molecular weight excluding hydrogens is 290 g/mol. The van der Waals surface area contributed by atoms with Crippen LogP contribution in [0.1, 0.15) is 51.2 Å². The van der Waals surface area contributed by atoms with Gasteiger partial charge in [-0.25, -0.2) is 4.79 Å². The first-order valence-corrected chi connectivity index (χ1v) is 8.10. The van der Waals surface area contributed by atoms with Crippen LogP contribution in [0.3, 0.4) is 0 Å². The van der Waals surface area contributed by atoms with Gasteiger partial charge in [-0.15, -0.1) is 0 Å². The van der Waals surface area contributed by atoms with E-state index in [1.54, 1.807) is 0 Å². The third-order valence-corrected chi connectivity index (χ3v) is 3.91. The molecule has 0 bridgehead atoms. The number of benzene rings is 1. The van der Waals surface area contributed by atoms with Gasteiger partial charge in [0.25, 0.3) is 0 Å². The van der Waals surface area contributed by atoms with E-state index in [1.165, 1.54) is 0 Å². The predicted molar refractivity (Wildman–Crippen MR) is 88.8 cm³/mol. The fourth-order valence-electron chi connectivity index (χ4n) is 2.86. The van der Waals surface area contributed by atoms with Crippen molar-refractivity contribution in [2.75, 3.05) is 0 Å². The number of carbonyl (C=O) groups is 1. The monoisotopic (exact) mass is 315 g/mol. The summed E-state index contributed by atoms with van der Waals surface area (Å²) in [6.45, 7) is 6.20. The molecule has 2 N–H and O–H groups in total. The number of hydrogen-bond donors (Lipinski definition) is 2. The van der Waals surface area contributed by atoms with Gasteiger partial charge >= 0.3 is 6.09 Å². The van der Waals surface area contributed by atoms with Crippen molar-refractivity contribution in [2.45, 2.75) is 64.3 Å². The molecule has 0 aliphatic heterocycles. The minimum atomic E-state index is -0.489. The molecule has 1 aromatic rings. The molecule has 1 aliphatic carbocycles. The molecule has 0 radical (unpaired) electrons. The lowest BCUT2D eigenvalue weighted by Crippen LogP contribution is -2.47. The third-order valence-electron chi connectivity index (χ3n) is 3.91. The number of rotatable bonds is 4. The number of hydrogen-bond acceptors (Lipinski definition) is 4. The normalized spacial score (nSPS) is 20.8. The van der Waals surface area contributed by atoms with Gasteiger partial charge in [-0.2, -0.15) is 5.26 Å². The smallest absolute Gasteiger partial charge is 0.407 e. The lowest BCUT2D eigenvalue weighted by atomic mass is 10.1. The molecule has 2 unspecified atom stereocenters. The lowest BCUT2D eigenvalue weighted by Gasteiger charge is -2.25. The summed E-state index contributed by atoms with van der Waals surface area (Å²) in [5.41, 5.74) is 1.18. The SMILES string of the molecule is CC(C)(C)OC(=O)NC1CCCC1NCc1ccccc1C#N. The Morgan fingerprint density at radius 3 is 2.70 bits per heavy atom. The number of alkyl carbamates (subject to hydrolysis) is 1. The van der Waals surface area contributed by atoms with E-state index in [9.17, 15) is 4.79 Å². The van der Waals surface area contributed by atoms with Gasteiger partial charge in [0, 0.05) is 18.6 Å². The standard InChI is InChI=1S/C18H25N3O2/c1-18(2,3)23-17(22)21-16-10-6-9-15(16)20-12-14-8-5-4-7-13(14)11-19/h4-5,7-8,15-16,20H,6,9-10,12H2,1-3H3,(H,21,22). The molecule has 0 saturated heterocycles. The molecule has 2 atom stereocenters. The first-order valence-electron chi connectivity index (χ1n) is 8.10. The van der Waals surface area contributed by atoms with Crippen molar-refractivity contribution in [3.8, 4) is 6.07 Å². The molecule has 5 heteroatoms. The number of carbonyl (C=O) groups excluding carboxylic acids is 1. The Labute approximate surface area is 138 Å². The maximum absolute atomic E-state index is 11.9. The van der Waals surface area contributed by atoms with Crippen molar-refractivity contribution in [1.29, 1.82) is 5.26 Å². The van der Waals surface area contributed by atoms with Crippen LogP contribution in [0.25, 0.3) is 0 Å². The molecule has 1 aliphatic rings. The second kappa shape index (κ2) is 7.47. The summed E-state index contributed by atoms with van der Waals surface area (Å²) in [5.74, 6) is 0. The van der Waals surface area contributed by atoms with Gasteiger partial charge in [-0.1, -0.05) is 18.2 Å². The molecule has 1 amide bonds. The zero-order chi connectivity index (χ0) is 16.9. The molecule has 2 rings (SSSR count). The second-order valence-corrected chi connectivity index (χ2v) is 6.94. The average Bonchev–Trinajstić information content (AvgIpc) is 2.90. The van der Waals surface area contributed by atoms with E-state index in [-0.39, 0.29) is 18.2 Å². The minimum absolute atomic E-state index is 0.0686. The summed E-state index contributed by atoms with van der Waals surface area (Å²) in [5, 5.41) is 15.6. The van der Waals surface area contributed by atoms with Gasteiger partial charge in [0.1, 0.15) is 5.60 Å². The van der Waals surface area contributed by atoms with Crippen LogP contribution in [0.15, 0.2) is 24.3 Å². The number of nitrogens with one attached hydrogen (secondary N) is 2. The molecule has 23 heavy (non-hydrogen) atoms. The highest BCUT2D eigenvalue weighted by molar-refractivity contribution is 5.68. The molecule has 1 saturated carbocycles. The Kier molecular flexibility index (Phi) is 5.62. The van der Waals surface area contributed by atoms with E-state index < -0.39 is 5.60 Å². The maximum atomic E-state index is 11.9. The van der Waals surface area contributed by atoms with Gasteiger partial charge in [-0.3, -0.25) is 0 Å². The van der Waals surface area contributed by atoms with Crippen molar-refractivity contribution in [3.05, 3.63) is 35.4 Å². The Morgan fingerprint density at radius 1 is 1.30 bits per heavy atom. The summed E-state index contributed by atoms with van der Waals surface area (Å²) < 4.78 is 5.33. The van der Waals surface area contributed by atoms with E-state index in [0.717, 1.165) is 24.8 Å². The number of nitriles is 1. The predicted octanol–water partition coefficient (Wildman–Crippen LogP) is 3.09. The zero-order valence-corrected chi connectivity index (χ0v) is 14.1. The van der Waals surface area contributed by atoms with Gasteiger partial charge in [-0.05, 0) is 51.7 Å². The van der Waals surface area contributed by atoms with Crippen LogP contribution >= 0.6 is 0 Å². The van der Waals surface area contributed by atoms with Crippen molar-refractivity contribution in [3.63, 3.8) is 0 Å². The Hall–Kier alpha value is -2.06. The van der Waals surface area contributed by atoms with Crippen LogP contribution in [-0.2, 0) is 11.3 Å². The van der Waals surface area contributed by atoms with E-state index in [2.05, 4.69) is 16.7 Å². The van der Waals surface area contributed by atoms with Crippen LogP contribution in [0.2, 0.25) is 0 Å². The zero-order valence-electron chi connectivity index (χ0n) is 14.1. The molecule has 1 aromatic carbocycles. The van der Waals surface area contributed by atoms with Crippen molar-refractivity contribution < 1.29 is 9.53 Å². The van der Waals surface area contributed by atoms with Crippen LogP contribution in [0.4, 0.5) is 4.79 Å². The second-order valence-electron chi connectivity index (χ2n) is 6.94. The van der Waals surface area contributed by atoms with Gasteiger partial charge in [0.15, 0.2) is 0 Å². The average molecular weight is 315 g/mol. The van der Waals surface area contributed by atoms with E-state index in [0.29, 0.717) is 12.1 Å².